The molecule has 2 aromatic carbocycles. The number of esters is 4. The lowest BCUT2D eigenvalue weighted by atomic mass is 10.0. The lowest BCUT2D eigenvalue weighted by Crippen LogP contribution is -2.51. The van der Waals surface area contributed by atoms with Gasteiger partial charge in [-0.05, 0) is 103 Å². The molecule has 0 spiro atoms. The molecule has 13 heteroatoms. The van der Waals surface area contributed by atoms with Crippen LogP contribution in [0.1, 0.15) is 107 Å². The Hall–Kier alpha value is -5.07. The Labute approximate surface area is 265 Å². The van der Waals surface area contributed by atoms with Gasteiger partial charge < -0.3 is 18.9 Å². The molecule has 13 nitrogen and oxygen atoms in total. The average Bonchev–Trinajstić information content (AvgIpc) is 3.39. The molecular formula is C33H36N2O11. The molecule has 2 aliphatic rings. The first-order valence-electron chi connectivity index (χ1n) is 14.8. The molecule has 4 amide bonds. The van der Waals surface area contributed by atoms with E-state index in [1.807, 2.05) is 0 Å². The summed E-state index contributed by atoms with van der Waals surface area (Å²) in [5.74, 6) is -2.92. The number of fused-ring (bicyclic) bond motifs is 2. The number of carbonyl (C=O) groups is 7. The second-order valence-electron chi connectivity index (χ2n) is 12.9. The van der Waals surface area contributed by atoms with Crippen LogP contribution in [-0.4, -0.2) is 76.2 Å². The molecule has 2 aromatic rings. The van der Waals surface area contributed by atoms with Gasteiger partial charge in [-0.3, -0.25) is 0 Å². The van der Waals surface area contributed by atoms with Crippen LogP contribution in [0.3, 0.4) is 0 Å². The molecule has 0 saturated carbocycles. The second kappa shape index (κ2) is 13.1. The summed E-state index contributed by atoms with van der Waals surface area (Å²) in [7, 11) is 0. The quantitative estimate of drug-likeness (QED) is 0.205. The fourth-order valence-electron chi connectivity index (χ4n) is 4.77. The third kappa shape index (κ3) is 8.14. The van der Waals surface area contributed by atoms with Crippen LogP contribution in [0.4, 0.5) is 14.4 Å². The topological polar surface area (TPSA) is 163 Å². The summed E-state index contributed by atoms with van der Waals surface area (Å²) >= 11 is 0. The van der Waals surface area contributed by atoms with E-state index in [2.05, 4.69) is 9.47 Å². The van der Waals surface area contributed by atoms with Gasteiger partial charge in [0, 0.05) is 13.1 Å². The van der Waals surface area contributed by atoms with Crippen molar-refractivity contribution in [3.05, 3.63) is 69.8 Å². The SMILES string of the molecule is CC(C)(C)OC(=O)N(CCCc1ccc2c(c1)C(=O)OC2=O)C(=O)N(CCCc1ccc2c(c1)C(=O)OC2=O)C(=O)OC(C)(C)C. The normalized spacial score (nSPS) is 13.9. The summed E-state index contributed by atoms with van der Waals surface area (Å²) in [4.78, 5) is 89.6. The number of carbonyl (C=O) groups excluding carboxylic acids is 7. The zero-order chi connectivity index (χ0) is 34.0. The predicted octanol–water partition coefficient (Wildman–Crippen LogP) is 5.47. The number of imide groups is 2. The van der Waals surface area contributed by atoms with Crippen molar-refractivity contribution in [1.82, 2.24) is 9.80 Å². The van der Waals surface area contributed by atoms with Crippen molar-refractivity contribution < 1.29 is 52.5 Å². The van der Waals surface area contributed by atoms with E-state index in [0.29, 0.717) is 24.0 Å². The van der Waals surface area contributed by atoms with Gasteiger partial charge >= 0.3 is 42.1 Å². The Balaban J connectivity index is 1.51. The Bertz CT molecular complexity index is 1500. The monoisotopic (exact) mass is 636 g/mol. The smallest absolute Gasteiger partial charge is 0.418 e. The van der Waals surface area contributed by atoms with Crippen LogP contribution in [-0.2, 0) is 31.8 Å². The lowest BCUT2D eigenvalue weighted by molar-refractivity contribution is 0.0180. The van der Waals surface area contributed by atoms with E-state index in [1.54, 1.807) is 53.7 Å². The molecule has 0 unspecified atom stereocenters. The molecule has 4 rings (SSSR count). The van der Waals surface area contributed by atoms with Crippen molar-refractivity contribution >= 4 is 42.1 Å². The Morgan fingerprint density at radius 3 is 1.28 bits per heavy atom. The number of urea groups is 1. The first-order chi connectivity index (χ1) is 21.4. The number of hydrogen-bond donors (Lipinski definition) is 0. The molecule has 2 aliphatic heterocycles. The Morgan fingerprint density at radius 1 is 0.587 bits per heavy atom. The molecule has 0 aromatic heterocycles. The highest BCUT2D eigenvalue weighted by atomic mass is 16.6. The maximum Gasteiger partial charge on any atom is 0.418 e. The summed E-state index contributed by atoms with van der Waals surface area (Å²) in [5, 5.41) is 0. The molecule has 244 valence electrons. The van der Waals surface area contributed by atoms with E-state index in [-0.39, 0.29) is 48.2 Å². The lowest BCUT2D eigenvalue weighted by Gasteiger charge is -2.31. The highest BCUT2D eigenvalue weighted by Crippen LogP contribution is 2.24. The van der Waals surface area contributed by atoms with E-state index in [9.17, 15) is 33.6 Å². The summed E-state index contributed by atoms with van der Waals surface area (Å²) in [6.45, 7) is 9.57. The number of aryl methyl sites for hydroxylation is 2. The van der Waals surface area contributed by atoms with Crippen LogP contribution in [0, 0.1) is 0 Å². The highest BCUT2D eigenvalue weighted by molar-refractivity contribution is 6.15. The standard InChI is InChI=1S/C33H36N2O11/c1-32(2,3)45-30(41)34(15-7-9-19-11-13-21-23(17-19)27(38)43-25(21)36)29(40)35(31(42)46-33(4,5)6)16-8-10-20-12-14-22-24(18-20)28(39)44-26(22)37/h11-14,17-18H,7-10,15-16H2,1-6H3. The summed E-state index contributed by atoms with van der Waals surface area (Å²) in [6.07, 6.45) is -0.821. The molecule has 0 bridgehead atoms. The molecule has 0 N–H and O–H groups in total. The molecule has 0 atom stereocenters. The van der Waals surface area contributed by atoms with Crippen LogP contribution < -0.4 is 0 Å². The van der Waals surface area contributed by atoms with E-state index < -0.39 is 53.3 Å². The van der Waals surface area contributed by atoms with E-state index >= 15 is 0 Å². The molecular weight excluding hydrogens is 600 g/mol. The Kier molecular flexibility index (Phi) is 9.64. The van der Waals surface area contributed by atoms with Crippen molar-refractivity contribution in [2.24, 2.45) is 0 Å². The van der Waals surface area contributed by atoms with E-state index in [4.69, 9.17) is 9.47 Å². The van der Waals surface area contributed by atoms with Crippen molar-refractivity contribution in [2.75, 3.05) is 13.1 Å². The van der Waals surface area contributed by atoms with Gasteiger partial charge in [-0.25, -0.2) is 43.4 Å². The van der Waals surface area contributed by atoms with E-state index in [0.717, 1.165) is 9.80 Å². The van der Waals surface area contributed by atoms with Gasteiger partial charge in [-0.2, -0.15) is 0 Å². The molecule has 0 radical (unpaired) electrons. The molecule has 0 saturated heterocycles. The summed E-state index contributed by atoms with van der Waals surface area (Å²) in [6, 6.07) is 8.39. The third-order valence-corrected chi connectivity index (χ3v) is 6.80. The van der Waals surface area contributed by atoms with Crippen molar-refractivity contribution in [3.63, 3.8) is 0 Å². The second-order valence-corrected chi connectivity index (χ2v) is 12.9. The van der Waals surface area contributed by atoms with Crippen LogP contribution in [0.15, 0.2) is 36.4 Å². The number of nitrogens with zero attached hydrogens (tertiary/aromatic N) is 2. The first-order valence-corrected chi connectivity index (χ1v) is 14.8. The van der Waals surface area contributed by atoms with E-state index in [1.165, 1.54) is 24.3 Å². The number of amides is 4. The van der Waals surface area contributed by atoms with Gasteiger partial charge in [0.25, 0.3) is 0 Å². The maximum absolute atomic E-state index is 13.9. The first kappa shape index (κ1) is 33.8. The molecule has 0 fully saturated rings. The van der Waals surface area contributed by atoms with Crippen LogP contribution >= 0.6 is 0 Å². The minimum absolute atomic E-state index is 0.144. The highest BCUT2D eigenvalue weighted by Gasteiger charge is 2.36. The number of benzene rings is 2. The zero-order valence-electron chi connectivity index (χ0n) is 26.6. The summed E-state index contributed by atoms with van der Waals surface area (Å²) in [5.41, 5.74) is 0.0687. The van der Waals surface area contributed by atoms with Gasteiger partial charge in [-0.1, -0.05) is 12.1 Å². The fraction of sp³-hybridized carbons (Fsp3) is 0.424. The minimum Gasteiger partial charge on any atom is -0.443 e. The van der Waals surface area contributed by atoms with Gasteiger partial charge in [0.15, 0.2) is 0 Å². The van der Waals surface area contributed by atoms with Crippen molar-refractivity contribution in [3.8, 4) is 0 Å². The fourth-order valence-corrected chi connectivity index (χ4v) is 4.77. The third-order valence-electron chi connectivity index (χ3n) is 6.80. The summed E-state index contributed by atoms with van der Waals surface area (Å²) < 4.78 is 20.3. The maximum atomic E-state index is 13.9. The van der Waals surface area contributed by atoms with Gasteiger partial charge in [0.2, 0.25) is 0 Å². The van der Waals surface area contributed by atoms with Crippen molar-refractivity contribution in [2.45, 2.75) is 78.4 Å². The van der Waals surface area contributed by atoms with Gasteiger partial charge in [0.1, 0.15) is 11.2 Å². The average molecular weight is 637 g/mol. The van der Waals surface area contributed by atoms with Crippen LogP contribution in [0.25, 0.3) is 0 Å². The van der Waals surface area contributed by atoms with Crippen LogP contribution in [0.5, 0.6) is 0 Å². The van der Waals surface area contributed by atoms with Gasteiger partial charge in [-0.15, -0.1) is 0 Å². The molecule has 46 heavy (non-hydrogen) atoms. The largest absolute Gasteiger partial charge is 0.443 e. The molecule has 2 heterocycles. The zero-order valence-corrected chi connectivity index (χ0v) is 26.6. The van der Waals surface area contributed by atoms with Crippen LogP contribution in [0.2, 0.25) is 0 Å². The number of ether oxygens (including phenoxy) is 4. The number of cyclic esters (lactones) is 4. The van der Waals surface area contributed by atoms with Gasteiger partial charge in [0.05, 0.1) is 22.3 Å². The Morgan fingerprint density at radius 2 is 0.935 bits per heavy atom. The minimum atomic E-state index is -0.962. The number of hydrogen-bond acceptors (Lipinski definition) is 11. The number of rotatable bonds is 8. The molecule has 0 aliphatic carbocycles. The predicted molar refractivity (Wildman–Crippen MR) is 160 cm³/mol. The van der Waals surface area contributed by atoms with Crippen molar-refractivity contribution in [1.29, 1.82) is 0 Å².